The Hall–Kier alpha value is -0.530. The number of aryl methyl sites for hydroxylation is 3. The van der Waals surface area contributed by atoms with Gasteiger partial charge in [-0.3, -0.25) is 0 Å². The number of benzene rings is 1. The maximum atomic E-state index is 6.22. The van der Waals surface area contributed by atoms with E-state index in [9.17, 15) is 0 Å². The first-order valence-electron chi connectivity index (χ1n) is 7.13. The van der Waals surface area contributed by atoms with E-state index in [1.807, 2.05) is 0 Å². The normalized spacial score (nSPS) is 20.7. The Labute approximate surface area is 116 Å². The quantitative estimate of drug-likeness (QED) is 0.860. The molecule has 18 heavy (non-hydrogen) atoms. The van der Waals surface area contributed by atoms with Gasteiger partial charge in [0, 0.05) is 5.02 Å². The molecule has 100 valence electrons. The minimum atomic E-state index is 0.888. The fourth-order valence-electron chi connectivity index (χ4n) is 2.88. The summed E-state index contributed by atoms with van der Waals surface area (Å²) >= 11 is 6.22. The first-order chi connectivity index (χ1) is 8.66. The third-order valence-corrected chi connectivity index (χ3v) is 4.54. The molecule has 2 rings (SSSR count). The third kappa shape index (κ3) is 3.73. The highest BCUT2D eigenvalue weighted by Gasteiger charge is 2.12. The topological polar surface area (TPSA) is 12.0 Å². The molecule has 1 unspecified atom stereocenters. The Bertz CT molecular complexity index is 392. The van der Waals surface area contributed by atoms with Gasteiger partial charge in [-0.1, -0.05) is 17.7 Å². The summed E-state index contributed by atoms with van der Waals surface area (Å²) in [5.74, 6) is 0.888. The van der Waals surface area contributed by atoms with Crippen LogP contribution >= 0.6 is 11.6 Å². The van der Waals surface area contributed by atoms with E-state index in [0.717, 1.165) is 10.9 Å². The van der Waals surface area contributed by atoms with Crippen molar-refractivity contribution in [3.63, 3.8) is 0 Å². The van der Waals surface area contributed by atoms with Gasteiger partial charge in [0.25, 0.3) is 0 Å². The van der Waals surface area contributed by atoms with Crippen molar-refractivity contribution in [3.8, 4) is 0 Å². The molecule has 0 aromatic heterocycles. The number of rotatable bonds is 3. The van der Waals surface area contributed by atoms with Crippen LogP contribution in [0.2, 0.25) is 5.02 Å². The molecule has 0 amide bonds. The van der Waals surface area contributed by atoms with E-state index >= 15 is 0 Å². The highest BCUT2D eigenvalue weighted by atomic mass is 35.5. The average Bonchev–Trinajstić information content (AvgIpc) is 2.60. The summed E-state index contributed by atoms with van der Waals surface area (Å²) in [5.41, 5.74) is 4.02. The molecule has 1 aliphatic heterocycles. The fourth-order valence-corrected chi connectivity index (χ4v) is 3.06. The SMILES string of the molecule is Cc1cc(C)c(CCC2CCCNCC2)cc1Cl. The fraction of sp³-hybridized carbons (Fsp3) is 0.625. The van der Waals surface area contributed by atoms with Crippen molar-refractivity contribution >= 4 is 11.6 Å². The van der Waals surface area contributed by atoms with E-state index in [1.54, 1.807) is 0 Å². The molecule has 0 aliphatic carbocycles. The average molecular weight is 266 g/mol. The lowest BCUT2D eigenvalue weighted by Gasteiger charge is -2.15. The summed E-state index contributed by atoms with van der Waals surface area (Å²) in [6.07, 6.45) is 6.53. The second kappa shape index (κ2) is 6.58. The Morgan fingerprint density at radius 3 is 2.83 bits per heavy atom. The summed E-state index contributed by atoms with van der Waals surface area (Å²) in [6.45, 7) is 6.67. The molecule has 0 saturated carbocycles. The van der Waals surface area contributed by atoms with Gasteiger partial charge in [-0.2, -0.15) is 0 Å². The number of hydrogen-bond donors (Lipinski definition) is 1. The molecule has 1 fully saturated rings. The lowest BCUT2D eigenvalue weighted by atomic mass is 9.91. The molecule has 0 bridgehead atoms. The zero-order chi connectivity index (χ0) is 13.0. The molecular formula is C16H24ClN. The highest BCUT2D eigenvalue weighted by Crippen LogP contribution is 2.25. The molecule has 1 nitrogen and oxygen atoms in total. The van der Waals surface area contributed by atoms with Crippen LogP contribution < -0.4 is 5.32 Å². The van der Waals surface area contributed by atoms with Gasteiger partial charge >= 0.3 is 0 Å². The zero-order valence-corrected chi connectivity index (χ0v) is 12.3. The number of nitrogens with one attached hydrogen (secondary N) is 1. The van der Waals surface area contributed by atoms with Gasteiger partial charge in [-0.15, -0.1) is 0 Å². The van der Waals surface area contributed by atoms with Crippen molar-refractivity contribution in [2.24, 2.45) is 5.92 Å². The predicted molar refractivity (Wildman–Crippen MR) is 79.5 cm³/mol. The minimum Gasteiger partial charge on any atom is -0.317 e. The first-order valence-corrected chi connectivity index (χ1v) is 7.51. The van der Waals surface area contributed by atoms with E-state index in [-0.39, 0.29) is 0 Å². The van der Waals surface area contributed by atoms with Gasteiger partial charge in [0.1, 0.15) is 0 Å². The van der Waals surface area contributed by atoms with Crippen molar-refractivity contribution in [2.45, 2.75) is 46.0 Å². The van der Waals surface area contributed by atoms with E-state index < -0.39 is 0 Å². The smallest absolute Gasteiger partial charge is 0.0438 e. The van der Waals surface area contributed by atoms with Crippen LogP contribution in [0, 0.1) is 19.8 Å². The minimum absolute atomic E-state index is 0.888. The Morgan fingerprint density at radius 1 is 1.17 bits per heavy atom. The van der Waals surface area contributed by atoms with Crippen molar-refractivity contribution in [1.82, 2.24) is 5.32 Å². The molecule has 1 saturated heterocycles. The Kier molecular flexibility index (Phi) is 5.08. The molecule has 1 aliphatic rings. The van der Waals surface area contributed by atoms with Gasteiger partial charge < -0.3 is 5.32 Å². The Morgan fingerprint density at radius 2 is 2.00 bits per heavy atom. The van der Waals surface area contributed by atoms with Crippen LogP contribution in [0.3, 0.4) is 0 Å². The van der Waals surface area contributed by atoms with E-state index in [1.165, 1.54) is 61.9 Å². The molecule has 1 N–H and O–H groups in total. The van der Waals surface area contributed by atoms with Crippen molar-refractivity contribution in [2.75, 3.05) is 13.1 Å². The van der Waals surface area contributed by atoms with Crippen LogP contribution in [0.15, 0.2) is 12.1 Å². The second-order valence-corrected chi connectivity index (χ2v) is 6.02. The van der Waals surface area contributed by atoms with Crippen molar-refractivity contribution in [1.29, 1.82) is 0 Å². The highest BCUT2D eigenvalue weighted by molar-refractivity contribution is 6.31. The molecular weight excluding hydrogens is 242 g/mol. The summed E-state index contributed by atoms with van der Waals surface area (Å²) in [4.78, 5) is 0. The van der Waals surface area contributed by atoms with Crippen LogP contribution in [0.1, 0.15) is 42.4 Å². The summed E-state index contributed by atoms with van der Waals surface area (Å²) in [6, 6.07) is 4.38. The van der Waals surface area contributed by atoms with Crippen molar-refractivity contribution in [3.05, 3.63) is 33.8 Å². The second-order valence-electron chi connectivity index (χ2n) is 5.61. The lowest BCUT2D eigenvalue weighted by molar-refractivity contribution is 0.438. The summed E-state index contributed by atoms with van der Waals surface area (Å²) in [7, 11) is 0. The monoisotopic (exact) mass is 265 g/mol. The zero-order valence-electron chi connectivity index (χ0n) is 11.6. The van der Waals surface area contributed by atoms with Crippen LogP contribution in [0.5, 0.6) is 0 Å². The first kappa shape index (κ1) is 13.9. The molecule has 1 aromatic carbocycles. The van der Waals surface area contributed by atoms with Crippen LogP contribution in [0.4, 0.5) is 0 Å². The maximum Gasteiger partial charge on any atom is 0.0438 e. The molecule has 0 spiro atoms. The molecule has 0 radical (unpaired) electrons. The lowest BCUT2D eigenvalue weighted by Crippen LogP contribution is -2.14. The molecule has 1 atom stereocenters. The standard InChI is InChI=1S/C16H24ClN/c1-12-10-13(2)16(17)11-15(12)6-5-14-4-3-8-18-9-7-14/h10-11,14,18H,3-9H2,1-2H3. The van der Waals surface area contributed by atoms with Crippen molar-refractivity contribution < 1.29 is 0 Å². The predicted octanol–water partition coefficient (Wildman–Crippen LogP) is 4.28. The van der Waals surface area contributed by atoms with Gasteiger partial charge in [-0.05, 0) is 87.7 Å². The molecule has 2 heteroatoms. The largest absolute Gasteiger partial charge is 0.317 e. The van der Waals surface area contributed by atoms with Crippen LogP contribution in [-0.2, 0) is 6.42 Å². The van der Waals surface area contributed by atoms with Gasteiger partial charge in [-0.25, -0.2) is 0 Å². The van der Waals surface area contributed by atoms with Gasteiger partial charge in [0.15, 0.2) is 0 Å². The summed E-state index contributed by atoms with van der Waals surface area (Å²) in [5, 5.41) is 4.40. The van der Waals surface area contributed by atoms with E-state index in [2.05, 4.69) is 31.3 Å². The summed E-state index contributed by atoms with van der Waals surface area (Å²) < 4.78 is 0. The van der Waals surface area contributed by atoms with E-state index in [4.69, 9.17) is 11.6 Å². The number of hydrogen-bond acceptors (Lipinski definition) is 1. The van der Waals surface area contributed by atoms with Gasteiger partial charge in [0.05, 0.1) is 0 Å². The third-order valence-electron chi connectivity index (χ3n) is 4.13. The Balaban J connectivity index is 1.94. The molecule has 1 heterocycles. The number of halogens is 1. The maximum absolute atomic E-state index is 6.22. The van der Waals surface area contributed by atoms with Crippen LogP contribution in [0.25, 0.3) is 0 Å². The van der Waals surface area contributed by atoms with Gasteiger partial charge in [0.2, 0.25) is 0 Å². The van der Waals surface area contributed by atoms with Crippen LogP contribution in [-0.4, -0.2) is 13.1 Å². The van der Waals surface area contributed by atoms with E-state index in [0.29, 0.717) is 0 Å². The molecule has 1 aromatic rings.